The van der Waals surface area contributed by atoms with Crippen molar-refractivity contribution < 1.29 is 9.84 Å². The summed E-state index contributed by atoms with van der Waals surface area (Å²) in [5.74, 6) is 1.49. The Morgan fingerprint density at radius 2 is 2.06 bits per heavy atom. The Morgan fingerprint density at radius 3 is 2.71 bits per heavy atom. The second-order valence-electron chi connectivity index (χ2n) is 6.08. The fourth-order valence-corrected chi connectivity index (χ4v) is 3.33. The molecule has 1 saturated carbocycles. The van der Waals surface area contributed by atoms with Crippen LogP contribution in [-0.2, 0) is 4.74 Å². The van der Waals surface area contributed by atoms with Crippen molar-refractivity contribution in [3.63, 3.8) is 0 Å². The van der Waals surface area contributed by atoms with Gasteiger partial charge in [-0.05, 0) is 44.1 Å². The minimum Gasteiger partial charge on any atom is -0.394 e. The molecule has 17 heavy (non-hydrogen) atoms. The first-order valence-electron chi connectivity index (χ1n) is 7.18. The largest absolute Gasteiger partial charge is 0.394 e. The van der Waals surface area contributed by atoms with Gasteiger partial charge in [-0.1, -0.05) is 19.8 Å². The summed E-state index contributed by atoms with van der Waals surface area (Å²) in [4.78, 5) is 0. The van der Waals surface area contributed by atoms with Gasteiger partial charge in [0.15, 0.2) is 0 Å². The van der Waals surface area contributed by atoms with Crippen LogP contribution in [0.4, 0.5) is 0 Å². The number of ether oxygens (including phenoxy) is 1. The van der Waals surface area contributed by atoms with Crippen molar-refractivity contribution in [2.45, 2.75) is 51.0 Å². The van der Waals surface area contributed by atoms with Gasteiger partial charge in [0.25, 0.3) is 0 Å². The van der Waals surface area contributed by atoms with Gasteiger partial charge in [0, 0.05) is 18.8 Å². The fourth-order valence-electron chi connectivity index (χ4n) is 3.33. The van der Waals surface area contributed by atoms with Gasteiger partial charge in [0.05, 0.1) is 6.61 Å². The minimum absolute atomic E-state index is 0.00989. The average Bonchev–Trinajstić information content (AvgIpc) is 2.38. The van der Waals surface area contributed by atoms with Gasteiger partial charge < -0.3 is 15.2 Å². The summed E-state index contributed by atoms with van der Waals surface area (Å²) in [7, 11) is 0. The molecule has 3 nitrogen and oxygen atoms in total. The van der Waals surface area contributed by atoms with Crippen LogP contribution in [0.2, 0.25) is 0 Å². The van der Waals surface area contributed by atoms with E-state index in [-0.39, 0.29) is 5.54 Å². The second-order valence-corrected chi connectivity index (χ2v) is 6.08. The molecule has 2 rings (SSSR count). The maximum atomic E-state index is 9.70. The fraction of sp³-hybridized carbons (Fsp3) is 1.00. The van der Waals surface area contributed by atoms with Crippen molar-refractivity contribution in [3.05, 3.63) is 0 Å². The third-order valence-corrected chi connectivity index (χ3v) is 4.50. The van der Waals surface area contributed by atoms with Gasteiger partial charge >= 0.3 is 0 Å². The van der Waals surface area contributed by atoms with Gasteiger partial charge in [0.1, 0.15) is 0 Å². The maximum Gasteiger partial charge on any atom is 0.0613 e. The Kier molecular flexibility index (Phi) is 4.83. The molecule has 0 aromatic carbocycles. The molecule has 3 heteroatoms. The summed E-state index contributed by atoms with van der Waals surface area (Å²) in [5, 5.41) is 13.4. The molecule has 0 amide bonds. The summed E-state index contributed by atoms with van der Waals surface area (Å²) in [6, 6.07) is 0. The highest BCUT2D eigenvalue weighted by Crippen LogP contribution is 2.32. The van der Waals surface area contributed by atoms with Crippen molar-refractivity contribution >= 4 is 0 Å². The van der Waals surface area contributed by atoms with Crippen molar-refractivity contribution in [1.82, 2.24) is 5.32 Å². The van der Waals surface area contributed by atoms with Gasteiger partial charge in [0.2, 0.25) is 0 Å². The molecule has 1 heterocycles. The monoisotopic (exact) mass is 241 g/mol. The Hall–Kier alpha value is -0.120. The van der Waals surface area contributed by atoms with E-state index in [1.54, 1.807) is 0 Å². The third-order valence-electron chi connectivity index (χ3n) is 4.50. The molecule has 100 valence electrons. The van der Waals surface area contributed by atoms with Crippen LogP contribution < -0.4 is 5.32 Å². The quantitative estimate of drug-likeness (QED) is 0.790. The summed E-state index contributed by atoms with van der Waals surface area (Å²) in [5.41, 5.74) is 0.00989. The molecule has 0 bridgehead atoms. The number of aliphatic hydroxyl groups is 1. The van der Waals surface area contributed by atoms with E-state index < -0.39 is 0 Å². The highest BCUT2D eigenvalue weighted by molar-refractivity contribution is 4.93. The molecule has 1 aliphatic carbocycles. The zero-order valence-electron chi connectivity index (χ0n) is 11.1. The van der Waals surface area contributed by atoms with Crippen molar-refractivity contribution in [2.75, 3.05) is 26.4 Å². The van der Waals surface area contributed by atoms with Gasteiger partial charge in [-0.15, -0.1) is 0 Å². The molecule has 2 unspecified atom stereocenters. The smallest absolute Gasteiger partial charge is 0.0613 e. The zero-order chi connectivity index (χ0) is 12.1. The van der Waals surface area contributed by atoms with Crippen LogP contribution >= 0.6 is 0 Å². The van der Waals surface area contributed by atoms with Gasteiger partial charge in [-0.2, -0.15) is 0 Å². The topological polar surface area (TPSA) is 41.5 Å². The lowest BCUT2D eigenvalue weighted by Gasteiger charge is -2.41. The molecule has 0 aromatic heterocycles. The predicted molar refractivity (Wildman–Crippen MR) is 69.0 cm³/mol. The van der Waals surface area contributed by atoms with E-state index in [2.05, 4.69) is 12.2 Å². The first-order chi connectivity index (χ1) is 8.24. The number of rotatable bonds is 4. The van der Waals surface area contributed by atoms with Crippen LogP contribution in [0.5, 0.6) is 0 Å². The summed E-state index contributed by atoms with van der Waals surface area (Å²) in [6.45, 7) is 5.47. The second kappa shape index (κ2) is 6.17. The van der Waals surface area contributed by atoms with E-state index >= 15 is 0 Å². The molecule has 2 N–H and O–H groups in total. The van der Waals surface area contributed by atoms with E-state index in [1.165, 1.54) is 25.7 Å². The van der Waals surface area contributed by atoms with Crippen LogP contribution in [0.25, 0.3) is 0 Å². The Labute approximate surface area is 105 Å². The van der Waals surface area contributed by atoms with E-state index in [9.17, 15) is 5.11 Å². The van der Waals surface area contributed by atoms with Crippen LogP contribution in [0.1, 0.15) is 45.4 Å². The molecule has 0 aromatic rings. The first-order valence-corrected chi connectivity index (χ1v) is 7.18. The van der Waals surface area contributed by atoms with Crippen LogP contribution in [-0.4, -0.2) is 37.0 Å². The lowest BCUT2D eigenvalue weighted by Crippen LogP contribution is -2.53. The highest BCUT2D eigenvalue weighted by Gasteiger charge is 2.34. The van der Waals surface area contributed by atoms with Crippen molar-refractivity contribution in [3.8, 4) is 0 Å². The molecule has 0 spiro atoms. The molecule has 2 aliphatic rings. The normalized spacial score (nSPS) is 36.0. The van der Waals surface area contributed by atoms with Crippen LogP contribution in [0.3, 0.4) is 0 Å². The highest BCUT2D eigenvalue weighted by atomic mass is 16.5. The van der Waals surface area contributed by atoms with E-state index in [1.807, 2.05) is 0 Å². The minimum atomic E-state index is 0.00989. The molecule has 2 fully saturated rings. The van der Waals surface area contributed by atoms with Gasteiger partial charge in [-0.3, -0.25) is 0 Å². The molecule has 2 atom stereocenters. The summed E-state index contributed by atoms with van der Waals surface area (Å²) < 4.78 is 5.38. The SMILES string of the molecule is CC1CCCC(CO)(NCC2CCOCC2)C1. The lowest BCUT2D eigenvalue weighted by atomic mass is 9.76. The van der Waals surface area contributed by atoms with E-state index in [0.29, 0.717) is 6.61 Å². The number of aliphatic hydroxyl groups excluding tert-OH is 1. The lowest BCUT2D eigenvalue weighted by molar-refractivity contribution is 0.0523. The molecular weight excluding hydrogens is 214 g/mol. The van der Waals surface area contributed by atoms with Crippen LogP contribution in [0, 0.1) is 11.8 Å². The standard InChI is InChI=1S/C14H27NO2/c1-12-3-2-6-14(9-12,11-16)15-10-13-4-7-17-8-5-13/h12-13,15-16H,2-11H2,1H3. The Morgan fingerprint density at radius 1 is 1.29 bits per heavy atom. The van der Waals surface area contributed by atoms with E-state index in [4.69, 9.17) is 4.74 Å². The zero-order valence-corrected chi connectivity index (χ0v) is 11.1. The Balaban J connectivity index is 1.81. The third kappa shape index (κ3) is 3.67. The number of nitrogens with one attached hydrogen (secondary N) is 1. The van der Waals surface area contributed by atoms with Crippen molar-refractivity contribution in [1.29, 1.82) is 0 Å². The number of hydrogen-bond donors (Lipinski definition) is 2. The first kappa shape index (κ1) is 13.3. The van der Waals surface area contributed by atoms with Crippen molar-refractivity contribution in [2.24, 2.45) is 11.8 Å². The maximum absolute atomic E-state index is 9.70. The predicted octanol–water partition coefficient (Wildman–Crippen LogP) is 1.94. The number of hydrogen-bond acceptors (Lipinski definition) is 3. The van der Waals surface area contributed by atoms with Crippen LogP contribution in [0.15, 0.2) is 0 Å². The molecule has 0 radical (unpaired) electrons. The Bertz CT molecular complexity index is 228. The molecule has 1 saturated heterocycles. The summed E-state index contributed by atoms with van der Waals surface area (Å²) in [6.07, 6.45) is 7.18. The van der Waals surface area contributed by atoms with E-state index in [0.717, 1.165) is 44.4 Å². The molecule has 1 aliphatic heterocycles. The average molecular weight is 241 g/mol. The van der Waals surface area contributed by atoms with Gasteiger partial charge in [-0.25, -0.2) is 0 Å². The summed E-state index contributed by atoms with van der Waals surface area (Å²) >= 11 is 0. The molecular formula is C14H27NO2.